The lowest BCUT2D eigenvalue weighted by Gasteiger charge is -2.24. The molecule has 4 aromatic heterocycles. The SMILES string of the molecule is Cc1[nH]nc2ncc(-c3ccc(NC4CCOCC4)n4nc(N)nc34)cc12. The second-order valence-electron chi connectivity index (χ2n) is 6.81. The van der Waals surface area contributed by atoms with Crippen LogP contribution in [0.15, 0.2) is 24.4 Å². The first-order valence-electron chi connectivity index (χ1n) is 8.99. The molecule has 0 amide bonds. The molecule has 27 heavy (non-hydrogen) atoms. The van der Waals surface area contributed by atoms with Crippen molar-refractivity contribution in [3.63, 3.8) is 0 Å². The molecule has 0 unspecified atom stereocenters. The third kappa shape index (κ3) is 2.76. The lowest BCUT2D eigenvalue weighted by molar-refractivity contribution is 0.0903. The van der Waals surface area contributed by atoms with Gasteiger partial charge in [0.2, 0.25) is 5.95 Å². The normalized spacial score (nSPS) is 15.6. The maximum atomic E-state index is 5.92. The monoisotopic (exact) mass is 364 g/mol. The first-order chi connectivity index (χ1) is 13.2. The number of hydrogen-bond acceptors (Lipinski definition) is 7. The second-order valence-corrected chi connectivity index (χ2v) is 6.81. The first-order valence-corrected chi connectivity index (χ1v) is 8.99. The van der Waals surface area contributed by atoms with Gasteiger partial charge in [-0.3, -0.25) is 5.10 Å². The lowest BCUT2D eigenvalue weighted by Crippen LogP contribution is -2.28. The Hall–Kier alpha value is -3.20. The third-order valence-electron chi connectivity index (χ3n) is 4.98. The van der Waals surface area contributed by atoms with Crippen molar-refractivity contribution in [1.29, 1.82) is 0 Å². The summed E-state index contributed by atoms with van der Waals surface area (Å²) in [7, 11) is 0. The molecule has 4 N–H and O–H groups in total. The van der Waals surface area contributed by atoms with E-state index in [0.717, 1.165) is 54.1 Å². The highest BCUT2D eigenvalue weighted by Gasteiger charge is 2.18. The standard InChI is InChI=1S/C18H20N8O/c1-10-14-8-11(9-20-16(14)24-23-10)13-2-3-15(21-12-4-6-27-7-5-12)26-17(13)22-18(19)25-26/h2-3,8-9,12,21H,4-7H2,1H3,(H2,19,25)(H,20,23,24). The molecule has 0 aliphatic carbocycles. The number of nitrogens with zero attached hydrogens (tertiary/aromatic N) is 5. The highest BCUT2D eigenvalue weighted by molar-refractivity contribution is 5.87. The lowest BCUT2D eigenvalue weighted by atomic mass is 10.1. The van der Waals surface area contributed by atoms with Crippen molar-refractivity contribution in [2.45, 2.75) is 25.8 Å². The van der Waals surface area contributed by atoms with Gasteiger partial charge in [0, 0.05) is 47.7 Å². The van der Waals surface area contributed by atoms with Crippen LogP contribution in [0.2, 0.25) is 0 Å². The van der Waals surface area contributed by atoms with E-state index < -0.39 is 0 Å². The number of nitrogen functional groups attached to an aromatic ring is 1. The Kier molecular flexibility index (Phi) is 3.68. The summed E-state index contributed by atoms with van der Waals surface area (Å²) in [6.07, 6.45) is 3.73. The van der Waals surface area contributed by atoms with Gasteiger partial charge in [-0.25, -0.2) is 4.98 Å². The molecule has 0 radical (unpaired) electrons. The largest absolute Gasteiger partial charge is 0.381 e. The summed E-state index contributed by atoms with van der Waals surface area (Å²) >= 11 is 0. The fourth-order valence-electron chi connectivity index (χ4n) is 3.53. The summed E-state index contributed by atoms with van der Waals surface area (Å²) in [4.78, 5) is 8.89. The predicted molar refractivity (Wildman–Crippen MR) is 102 cm³/mol. The average molecular weight is 364 g/mol. The van der Waals surface area contributed by atoms with Gasteiger partial charge in [0.25, 0.3) is 0 Å². The maximum absolute atomic E-state index is 5.92. The zero-order valence-electron chi connectivity index (χ0n) is 14.9. The smallest absolute Gasteiger partial charge is 0.240 e. The van der Waals surface area contributed by atoms with Gasteiger partial charge < -0.3 is 15.8 Å². The molecular weight excluding hydrogens is 344 g/mol. The number of anilines is 2. The van der Waals surface area contributed by atoms with Crippen molar-refractivity contribution >= 4 is 28.4 Å². The van der Waals surface area contributed by atoms with Gasteiger partial charge in [0.05, 0.1) is 0 Å². The fourth-order valence-corrected chi connectivity index (χ4v) is 3.53. The molecule has 1 aliphatic rings. The number of ether oxygens (including phenoxy) is 1. The van der Waals surface area contributed by atoms with Gasteiger partial charge >= 0.3 is 0 Å². The Morgan fingerprint density at radius 2 is 2.15 bits per heavy atom. The summed E-state index contributed by atoms with van der Waals surface area (Å²) in [6.45, 7) is 3.52. The van der Waals surface area contributed by atoms with Crippen LogP contribution in [0.4, 0.5) is 11.8 Å². The van der Waals surface area contributed by atoms with Crippen molar-refractivity contribution in [3.8, 4) is 11.1 Å². The van der Waals surface area contributed by atoms with Crippen molar-refractivity contribution in [2.24, 2.45) is 0 Å². The molecule has 5 rings (SSSR count). The van der Waals surface area contributed by atoms with Crippen LogP contribution in [0.1, 0.15) is 18.5 Å². The minimum Gasteiger partial charge on any atom is -0.381 e. The average Bonchev–Trinajstić information content (AvgIpc) is 3.25. The number of aromatic amines is 1. The molecule has 0 spiro atoms. The van der Waals surface area contributed by atoms with Gasteiger partial charge in [-0.2, -0.15) is 14.6 Å². The van der Waals surface area contributed by atoms with Crippen molar-refractivity contribution in [1.82, 2.24) is 29.8 Å². The van der Waals surface area contributed by atoms with Crippen LogP contribution in [0.3, 0.4) is 0 Å². The van der Waals surface area contributed by atoms with Gasteiger partial charge in [0.15, 0.2) is 11.3 Å². The predicted octanol–water partition coefficient (Wildman–Crippen LogP) is 2.15. The fraction of sp³-hybridized carbons (Fsp3) is 0.333. The van der Waals surface area contributed by atoms with E-state index in [9.17, 15) is 0 Å². The third-order valence-corrected chi connectivity index (χ3v) is 4.98. The Balaban J connectivity index is 1.60. The molecule has 0 saturated carbocycles. The van der Waals surface area contributed by atoms with E-state index in [1.165, 1.54) is 0 Å². The van der Waals surface area contributed by atoms with Gasteiger partial charge in [-0.05, 0) is 38.0 Å². The van der Waals surface area contributed by atoms with Crippen LogP contribution >= 0.6 is 0 Å². The van der Waals surface area contributed by atoms with Crippen molar-refractivity contribution < 1.29 is 4.74 Å². The van der Waals surface area contributed by atoms with Gasteiger partial charge in [-0.15, -0.1) is 5.10 Å². The highest BCUT2D eigenvalue weighted by Crippen LogP contribution is 2.29. The van der Waals surface area contributed by atoms with Crippen LogP contribution in [0, 0.1) is 6.92 Å². The molecule has 0 bridgehead atoms. The molecule has 1 saturated heterocycles. The summed E-state index contributed by atoms with van der Waals surface area (Å²) in [6, 6.07) is 6.46. The molecule has 4 aromatic rings. The van der Waals surface area contributed by atoms with E-state index in [0.29, 0.717) is 17.3 Å². The molecule has 0 aromatic carbocycles. The minimum absolute atomic E-state index is 0.242. The van der Waals surface area contributed by atoms with E-state index in [1.54, 1.807) is 10.7 Å². The van der Waals surface area contributed by atoms with E-state index >= 15 is 0 Å². The molecule has 138 valence electrons. The van der Waals surface area contributed by atoms with Crippen LogP contribution in [0.25, 0.3) is 27.8 Å². The van der Waals surface area contributed by atoms with Crippen molar-refractivity contribution in [3.05, 3.63) is 30.1 Å². The van der Waals surface area contributed by atoms with Gasteiger partial charge in [0.1, 0.15) is 5.82 Å². The van der Waals surface area contributed by atoms with Crippen LogP contribution in [0.5, 0.6) is 0 Å². The highest BCUT2D eigenvalue weighted by atomic mass is 16.5. The Labute approximate surface area is 155 Å². The first kappa shape index (κ1) is 16.0. The molecule has 1 fully saturated rings. The second kappa shape index (κ2) is 6.20. The van der Waals surface area contributed by atoms with E-state index in [4.69, 9.17) is 10.5 Å². The summed E-state index contributed by atoms with van der Waals surface area (Å²) < 4.78 is 7.21. The summed E-state index contributed by atoms with van der Waals surface area (Å²) in [5, 5.41) is 16.1. The number of aryl methyl sites for hydroxylation is 1. The molecule has 9 nitrogen and oxygen atoms in total. The number of fused-ring (bicyclic) bond motifs is 2. The zero-order chi connectivity index (χ0) is 18.4. The number of hydrogen-bond donors (Lipinski definition) is 3. The summed E-state index contributed by atoms with van der Waals surface area (Å²) in [5.41, 5.74) is 10.2. The molecule has 0 atom stereocenters. The molecule has 9 heteroatoms. The Morgan fingerprint density at radius 1 is 1.30 bits per heavy atom. The van der Waals surface area contributed by atoms with E-state index in [2.05, 4.69) is 36.6 Å². The summed E-state index contributed by atoms with van der Waals surface area (Å²) in [5.74, 6) is 1.12. The van der Waals surface area contributed by atoms with Crippen molar-refractivity contribution in [2.75, 3.05) is 24.3 Å². The topological polar surface area (TPSA) is 119 Å². The van der Waals surface area contributed by atoms with Gasteiger partial charge in [-0.1, -0.05) is 0 Å². The maximum Gasteiger partial charge on any atom is 0.240 e. The number of pyridine rings is 2. The minimum atomic E-state index is 0.242. The number of H-pyrrole nitrogens is 1. The zero-order valence-corrected chi connectivity index (χ0v) is 14.9. The number of nitrogens with two attached hydrogens (primary N) is 1. The number of aromatic nitrogens is 6. The Bertz CT molecular complexity index is 1130. The van der Waals surface area contributed by atoms with Crippen LogP contribution in [-0.4, -0.2) is 49.0 Å². The molecule has 5 heterocycles. The number of nitrogens with one attached hydrogen (secondary N) is 2. The molecule has 1 aliphatic heterocycles. The van der Waals surface area contributed by atoms with Crippen LogP contribution in [-0.2, 0) is 4.74 Å². The van der Waals surface area contributed by atoms with Crippen LogP contribution < -0.4 is 11.1 Å². The number of rotatable bonds is 3. The van der Waals surface area contributed by atoms with E-state index in [1.807, 2.05) is 19.1 Å². The quantitative estimate of drug-likeness (QED) is 0.509. The Morgan fingerprint density at radius 3 is 3.00 bits per heavy atom. The molecular formula is C18H20N8O. The van der Waals surface area contributed by atoms with E-state index in [-0.39, 0.29) is 5.95 Å².